The average Bonchev–Trinajstić information content (AvgIpc) is 2.92. The van der Waals surface area contributed by atoms with Crippen molar-refractivity contribution in [2.24, 2.45) is 5.92 Å². The summed E-state index contributed by atoms with van der Waals surface area (Å²) >= 11 is 0. The highest BCUT2D eigenvalue weighted by Gasteiger charge is 2.46. The number of benzene rings is 1. The Morgan fingerprint density at radius 2 is 1.76 bits per heavy atom. The highest BCUT2D eigenvalue weighted by atomic mass is 19.4. The molecule has 2 aliphatic heterocycles. The zero-order valence-corrected chi connectivity index (χ0v) is 15.4. The van der Waals surface area contributed by atoms with Crippen molar-refractivity contribution in [2.75, 3.05) is 19.6 Å². The van der Waals surface area contributed by atoms with Gasteiger partial charge in [0.2, 0.25) is 5.91 Å². The molecule has 160 valence electrons. The van der Waals surface area contributed by atoms with E-state index in [2.05, 4.69) is 4.74 Å². The van der Waals surface area contributed by atoms with Crippen LogP contribution in [0, 0.1) is 5.92 Å². The maximum atomic E-state index is 14.2. The van der Waals surface area contributed by atoms with Gasteiger partial charge in [0.1, 0.15) is 11.5 Å². The Balaban J connectivity index is 1.65. The van der Waals surface area contributed by atoms with E-state index in [9.17, 15) is 31.5 Å². The molecule has 0 aromatic heterocycles. The smallest absolute Gasteiger partial charge is 0.410 e. The number of piperidine rings is 1. The summed E-state index contributed by atoms with van der Waals surface area (Å²) < 4.78 is 73.6. The lowest BCUT2D eigenvalue weighted by Crippen LogP contribution is -2.57. The van der Waals surface area contributed by atoms with E-state index in [1.807, 2.05) is 6.92 Å². The topological polar surface area (TPSA) is 59.1 Å². The van der Waals surface area contributed by atoms with Crippen LogP contribution in [0.3, 0.4) is 0 Å². The van der Waals surface area contributed by atoms with Crippen molar-refractivity contribution >= 4 is 12.0 Å². The van der Waals surface area contributed by atoms with Gasteiger partial charge in [-0.1, -0.05) is 6.92 Å². The number of alkyl halides is 5. The van der Waals surface area contributed by atoms with Crippen LogP contribution in [0.1, 0.15) is 19.8 Å². The van der Waals surface area contributed by atoms with E-state index in [4.69, 9.17) is 4.74 Å². The van der Waals surface area contributed by atoms with Gasteiger partial charge in [0.05, 0.1) is 12.6 Å². The lowest BCUT2D eigenvalue weighted by atomic mass is 10.0. The lowest BCUT2D eigenvalue weighted by Gasteiger charge is -2.40. The fourth-order valence-corrected chi connectivity index (χ4v) is 3.56. The van der Waals surface area contributed by atoms with Gasteiger partial charge in [0, 0.05) is 25.9 Å². The Bertz CT molecular complexity index is 769. The van der Waals surface area contributed by atoms with Crippen molar-refractivity contribution in [3.05, 3.63) is 24.3 Å². The summed E-state index contributed by atoms with van der Waals surface area (Å²) in [4.78, 5) is 26.6. The SMILES string of the molecule is C[C@@H]1CC(=O)N(C2CN(C(=O)Oc3ccc(OC(F)(F)F)cc3)CC(F)(F)C2)C1. The van der Waals surface area contributed by atoms with Gasteiger partial charge < -0.3 is 14.4 Å². The molecule has 11 heteroatoms. The molecule has 2 saturated heterocycles. The largest absolute Gasteiger partial charge is 0.573 e. The minimum Gasteiger partial charge on any atom is -0.410 e. The fourth-order valence-electron chi connectivity index (χ4n) is 3.56. The molecule has 2 heterocycles. The number of rotatable bonds is 3. The number of ether oxygens (including phenoxy) is 2. The number of hydrogen-bond donors (Lipinski definition) is 0. The van der Waals surface area contributed by atoms with E-state index in [0.29, 0.717) is 6.54 Å². The van der Waals surface area contributed by atoms with Crippen LogP contribution in [-0.4, -0.2) is 59.8 Å². The minimum absolute atomic E-state index is 0.0517. The standard InChI is InChI=1S/C18H19F5N2O4/c1-11-6-15(26)25(8-11)12-7-17(19,20)10-24(9-12)16(27)28-13-2-4-14(5-3-13)29-18(21,22)23/h2-5,11-12H,6-10H2,1H3/t11-,12?/m1/s1. The third-order valence-corrected chi connectivity index (χ3v) is 4.70. The molecule has 0 radical (unpaired) electrons. The second-order valence-corrected chi connectivity index (χ2v) is 7.34. The first-order valence-electron chi connectivity index (χ1n) is 8.92. The van der Waals surface area contributed by atoms with Crippen LogP contribution in [0.4, 0.5) is 26.7 Å². The number of hydrogen-bond acceptors (Lipinski definition) is 4. The van der Waals surface area contributed by atoms with Crippen LogP contribution in [0.5, 0.6) is 11.5 Å². The van der Waals surface area contributed by atoms with Gasteiger partial charge in [-0.05, 0) is 30.2 Å². The van der Waals surface area contributed by atoms with E-state index in [0.717, 1.165) is 29.2 Å². The van der Waals surface area contributed by atoms with Gasteiger partial charge in [-0.25, -0.2) is 13.6 Å². The number of carbonyl (C=O) groups excluding carboxylic acids is 2. The summed E-state index contributed by atoms with van der Waals surface area (Å²) in [5.74, 6) is -4.01. The van der Waals surface area contributed by atoms with E-state index >= 15 is 0 Å². The van der Waals surface area contributed by atoms with E-state index in [1.54, 1.807) is 0 Å². The van der Waals surface area contributed by atoms with E-state index in [1.165, 1.54) is 4.90 Å². The summed E-state index contributed by atoms with van der Waals surface area (Å²) in [6.45, 7) is 1.22. The fraction of sp³-hybridized carbons (Fsp3) is 0.556. The molecule has 2 amide bonds. The molecule has 3 rings (SSSR count). The Morgan fingerprint density at radius 1 is 1.14 bits per heavy atom. The molecule has 1 aromatic carbocycles. The summed E-state index contributed by atoms with van der Waals surface area (Å²) in [5.41, 5.74) is 0. The average molecular weight is 422 g/mol. The molecule has 0 bridgehead atoms. The van der Waals surface area contributed by atoms with Crippen molar-refractivity contribution in [2.45, 2.75) is 38.1 Å². The summed E-state index contributed by atoms with van der Waals surface area (Å²) in [6.07, 6.45) is -6.20. The van der Waals surface area contributed by atoms with E-state index in [-0.39, 0.29) is 30.5 Å². The lowest BCUT2D eigenvalue weighted by molar-refractivity contribution is -0.274. The maximum Gasteiger partial charge on any atom is 0.573 e. The van der Waals surface area contributed by atoms with Crippen molar-refractivity contribution < 1.29 is 41.0 Å². The van der Waals surface area contributed by atoms with Crippen LogP contribution in [0.2, 0.25) is 0 Å². The zero-order chi connectivity index (χ0) is 21.4. The van der Waals surface area contributed by atoms with Gasteiger partial charge >= 0.3 is 12.5 Å². The predicted octanol–water partition coefficient (Wildman–Crippen LogP) is 3.66. The first kappa shape index (κ1) is 21.1. The molecular weight excluding hydrogens is 403 g/mol. The highest BCUT2D eigenvalue weighted by Crippen LogP contribution is 2.33. The molecule has 0 aliphatic carbocycles. The summed E-state index contributed by atoms with van der Waals surface area (Å²) in [5, 5.41) is 0. The molecule has 0 N–H and O–H groups in total. The van der Waals surface area contributed by atoms with Crippen molar-refractivity contribution in [1.82, 2.24) is 9.80 Å². The van der Waals surface area contributed by atoms with Crippen LogP contribution < -0.4 is 9.47 Å². The number of halogens is 5. The Labute approximate surface area is 163 Å². The molecule has 1 aromatic rings. The molecule has 1 unspecified atom stereocenters. The highest BCUT2D eigenvalue weighted by molar-refractivity contribution is 5.79. The van der Waals surface area contributed by atoms with Crippen LogP contribution >= 0.6 is 0 Å². The molecule has 29 heavy (non-hydrogen) atoms. The number of likely N-dealkylation sites (tertiary alicyclic amines) is 2. The van der Waals surface area contributed by atoms with E-state index < -0.39 is 43.1 Å². The monoisotopic (exact) mass is 422 g/mol. The van der Waals surface area contributed by atoms with Gasteiger partial charge in [0.25, 0.3) is 5.92 Å². The predicted molar refractivity (Wildman–Crippen MR) is 89.6 cm³/mol. The molecule has 2 atom stereocenters. The maximum absolute atomic E-state index is 14.2. The number of nitrogens with zero attached hydrogens (tertiary/aromatic N) is 2. The molecular formula is C18H19F5N2O4. The van der Waals surface area contributed by atoms with Crippen LogP contribution in [-0.2, 0) is 4.79 Å². The first-order chi connectivity index (χ1) is 13.4. The van der Waals surface area contributed by atoms with Gasteiger partial charge in [-0.2, -0.15) is 0 Å². The molecule has 0 saturated carbocycles. The number of amides is 2. The van der Waals surface area contributed by atoms with Crippen LogP contribution in [0.15, 0.2) is 24.3 Å². The molecule has 2 fully saturated rings. The van der Waals surface area contributed by atoms with Crippen LogP contribution in [0.25, 0.3) is 0 Å². The quantitative estimate of drug-likeness (QED) is 0.698. The normalized spacial score (nSPS) is 24.6. The minimum atomic E-state index is -4.86. The number of carbonyl (C=O) groups is 2. The Morgan fingerprint density at radius 3 is 2.31 bits per heavy atom. The molecule has 0 spiro atoms. The zero-order valence-electron chi connectivity index (χ0n) is 15.4. The summed E-state index contributed by atoms with van der Waals surface area (Å²) in [6, 6.07) is 3.17. The van der Waals surface area contributed by atoms with Crippen molar-refractivity contribution in [3.63, 3.8) is 0 Å². The third kappa shape index (κ3) is 5.48. The Kier molecular flexibility index (Phi) is 5.59. The van der Waals surface area contributed by atoms with Crippen molar-refractivity contribution in [1.29, 1.82) is 0 Å². The van der Waals surface area contributed by atoms with Gasteiger partial charge in [-0.15, -0.1) is 13.2 Å². The van der Waals surface area contributed by atoms with Crippen molar-refractivity contribution in [3.8, 4) is 11.5 Å². The first-order valence-corrected chi connectivity index (χ1v) is 8.92. The third-order valence-electron chi connectivity index (χ3n) is 4.70. The Hall–Kier alpha value is -2.59. The molecule has 2 aliphatic rings. The summed E-state index contributed by atoms with van der Waals surface area (Å²) in [7, 11) is 0. The second kappa shape index (κ2) is 7.68. The van der Waals surface area contributed by atoms with Gasteiger partial charge in [-0.3, -0.25) is 9.69 Å². The van der Waals surface area contributed by atoms with Gasteiger partial charge in [0.15, 0.2) is 0 Å². The second-order valence-electron chi connectivity index (χ2n) is 7.34. The molecule has 6 nitrogen and oxygen atoms in total.